The van der Waals surface area contributed by atoms with Gasteiger partial charge < -0.3 is 20.3 Å². The lowest BCUT2D eigenvalue weighted by Crippen LogP contribution is -2.28. The molecule has 0 atom stereocenters. The summed E-state index contributed by atoms with van der Waals surface area (Å²) in [7, 11) is 1.73. The number of nitrogens with one attached hydrogen (secondary N) is 2. The summed E-state index contributed by atoms with van der Waals surface area (Å²) in [5.41, 5.74) is 3.31. The fourth-order valence-corrected chi connectivity index (χ4v) is 4.94. The molecule has 1 aromatic heterocycles. The normalized spacial score (nSPS) is 12.1. The van der Waals surface area contributed by atoms with Gasteiger partial charge in [-0.2, -0.15) is 0 Å². The molecule has 1 aliphatic heterocycles. The Morgan fingerprint density at radius 1 is 1.19 bits per heavy atom. The van der Waals surface area contributed by atoms with Gasteiger partial charge in [-0.15, -0.1) is 11.3 Å². The minimum Gasteiger partial charge on any atom is -0.492 e. The maximum atomic E-state index is 13.1. The van der Waals surface area contributed by atoms with Gasteiger partial charge >= 0.3 is 6.03 Å². The monoisotopic (exact) mass is 455 g/mol. The Balaban J connectivity index is 1.64. The van der Waals surface area contributed by atoms with Crippen LogP contribution >= 0.6 is 22.9 Å². The number of hydrogen-bond donors (Lipinski definition) is 2. The number of nitrogens with zero attached hydrogens (tertiary/aromatic N) is 1. The predicted octanol–water partition coefficient (Wildman–Crippen LogP) is 5.42. The average molecular weight is 456 g/mol. The number of ether oxygens (including phenoxy) is 1. The Labute approximate surface area is 189 Å². The van der Waals surface area contributed by atoms with Gasteiger partial charge in [0.1, 0.15) is 5.75 Å². The van der Waals surface area contributed by atoms with Crippen molar-refractivity contribution in [2.75, 3.05) is 30.4 Å². The minimum absolute atomic E-state index is 0.108. The summed E-state index contributed by atoms with van der Waals surface area (Å²) in [5, 5.41) is 6.03. The van der Waals surface area contributed by atoms with Crippen LogP contribution in [0.3, 0.4) is 0 Å². The highest BCUT2D eigenvalue weighted by molar-refractivity contribution is 7.17. The first-order valence-corrected chi connectivity index (χ1v) is 11.1. The van der Waals surface area contributed by atoms with Crippen LogP contribution in [0.2, 0.25) is 5.02 Å². The van der Waals surface area contributed by atoms with E-state index >= 15 is 0 Å². The lowest BCUT2D eigenvalue weighted by atomic mass is 10.1. The van der Waals surface area contributed by atoms with Crippen molar-refractivity contribution in [2.45, 2.75) is 13.3 Å². The molecule has 0 spiro atoms. The number of para-hydroxylation sites is 1. The summed E-state index contributed by atoms with van der Waals surface area (Å²) in [5.74, 6) is 0.580. The van der Waals surface area contributed by atoms with Crippen LogP contribution in [0.15, 0.2) is 48.5 Å². The lowest BCUT2D eigenvalue weighted by molar-refractivity contribution is 0.0996. The summed E-state index contributed by atoms with van der Waals surface area (Å²) in [6.07, 6.45) is 0.697. The Morgan fingerprint density at radius 2 is 2.00 bits per heavy atom. The molecule has 0 saturated carbocycles. The van der Waals surface area contributed by atoms with Crippen LogP contribution < -0.4 is 20.3 Å². The van der Waals surface area contributed by atoms with Gasteiger partial charge in [-0.3, -0.25) is 4.79 Å². The Bertz CT molecular complexity index is 1140. The minimum atomic E-state index is -0.261. The van der Waals surface area contributed by atoms with Gasteiger partial charge in [-0.1, -0.05) is 23.7 Å². The van der Waals surface area contributed by atoms with Gasteiger partial charge in [0.2, 0.25) is 0 Å². The van der Waals surface area contributed by atoms with E-state index in [9.17, 15) is 9.59 Å². The molecular weight excluding hydrogens is 434 g/mol. The number of carbonyl (C=O) groups is 2. The number of thiophene rings is 1. The zero-order chi connectivity index (χ0) is 22.0. The predicted molar refractivity (Wildman–Crippen MR) is 126 cm³/mol. The van der Waals surface area contributed by atoms with Crippen molar-refractivity contribution in [1.82, 2.24) is 5.32 Å². The molecule has 3 amide bonds. The van der Waals surface area contributed by atoms with E-state index in [4.69, 9.17) is 16.3 Å². The molecule has 1 aliphatic rings. The number of rotatable bonds is 4. The summed E-state index contributed by atoms with van der Waals surface area (Å²) < 4.78 is 5.93. The third kappa shape index (κ3) is 4.38. The van der Waals surface area contributed by atoms with Crippen molar-refractivity contribution in [3.63, 3.8) is 0 Å². The SMILES string of the molecule is CCNC(=O)Nc1ccc2c(c1)OCCc1cc(C(=O)N(C)c3ccccc3Cl)sc1-2. The molecule has 31 heavy (non-hydrogen) atoms. The van der Waals surface area contributed by atoms with E-state index in [0.29, 0.717) is 46.6 Å². The molecule has 0 radical (unpaired) electrons. The van der Waals surface area contributed by atoms with Crippen molar-refractivity contribution in [2.24, 2.45) is 0 Å². The first-order chi connectivity index (χ1) is 15.0. The van der Waals surface area contributed by atoms with Gasteiger partial charge in [0.15, 0.2) is 0 Å². The highest BCUT2D eigenvalue weighted by Gasteiger charge is 2.24. The van der Waals surface area contributed by atoms with Crippen molar-refractivity contribution in [3.05, 3.63) is 64.0 Å². The molecule has 0 unspecified atom stereocenters. The van der Waals surface area contributed by atoms with Gasteiger partial charge in [-0.25, -0.2) is 4.79 Å². The lowest BCUT2D eigenvalue weighted by Gasteiger charge is -2.17. The van der Waals surface area contributed by atoms with Crippen molar-refractivity contribution in [3.8, 4) is 16.2 Å². The molecule has 2 aromatic carbocycles. The third-order valence-electron chi connectivity index (χ3n) is 4.99. The molecule has 3 aromatic rings. The Hall–Kier alpha value is -3.03. The Kier molecular flexibility index (Phi) is 6.15. The van der Waals surface area contributed by atoms with E-state index in [-0.39, 0.29) is 11.9 Å². The van der Waals surface area contributed by atoms with Gasteiger partial charge in [0.05, 0.1) is 22.2 Å². The van der Waals surface area contributed by atoms with Crippen LogP contribution in [0.1, 0.15) is 22.2 Å². The molecule has 0 saturated heterocycles. The number of urea groups is 1. The number of halogens is 1. The highest BCUT2D eigenvalue weighted by Crippen LogP contribution is 2.42. The summed E-state index contributed by atoms with van der Waals surface area (Å²) in [6, 6.07) is 14.5. The number of amides is 3. The number of benzene rings is 2. The summed E-state index contributed by atoms with van der Waals surface area (Å²) >= 11 is 7.71. The zero-order valence-electron chi connectivity index (χ0n) is 17.2. The fourth-order valence-electron chi connectivity index (χ4n) is 3.46. The number of carbonyl (C=O) groups excluding carboxylic acids is 2. The first-order valence-electron chi connectivity index (χ1n) is 9.95. The Morgan fingerprint density at radius 3 is 2.77 bits per heavy atom. The molecule has 2 heterocycles. The molecule has 160 valence electrons. The third-order valence-corrected chi connectivity index (χ3v) is 6.51. The molecule has 2 N–H and O–H groups in total. The van der Waals surface area contributed by atoms with Crippen LogP contribution in [0.4, 0.5) is 16.2 Å². The van der Waals surface area contributed by atoms with Crippen molar-refractivity contribution < 1.29 is 14.3 Å². The van der Waals surface area contributed by atoms with Gasteiger partial charge in [-0.05, 0) is 42.8 Å². The molecule has 0 bridgehead atoms. The average Bonchev–Trinajstić information content (AvgIpc) is 3.10. The fraction of sp³-hybridized carbons (Fsp3) is 0.217. The smallest absolute Gasteiger partial charge is 0.319 e. The number of hydrogen-bond acceptors (Lipinski definition) is 4. The zero-order valence-corrected chi connectivity index (χ0v) is 18.8. The first kappa shape index (κ1) is 21.2. The quantitative estimate of drug-likeness (QED) is 0.551. The number of anilines is 2. The van der Waals surface area contributed by atoms with E-state index in [1.165, 1.54) is 11.3 Å². The maximum absolute atomic E-state index is 13.1. The highest BCUT2D eigenvalue weighted by atomic mass is 35.5. The van der Waals surface area contributed by atoms with E-state index < -0.39 is 0 Å². The summed E-state index contributed by atoms with van der Waals surface area (Å²) in [4.78, 5) is 28.2. The maximum Gasteiger partial charge on any atom is 0.319 e. The van der Waals surface area contributed by atoms with Crippen LogP contribution in [-0.2, 0) is 6.42 Å². The molecule has 6 nitrogen and oxygen atoms in total. The van der Waals surface area contributed by atoms with Crippen LogP contribution in [0.25, 0.3) is 10.4 Å². The van der Waals surface area contributed by atoms with E-state index in [1.54, 1.807) is 18.0 Å². The second kappa shape index (κ2) is 8.99. The topological polar surface area (TPSA) is 70.7 Å². The van der Waals surface area contributed by atoms with Crippen LogP contribution in [0.5, 0.6) is 5.75 Å². The van der Waals surface area contributed by atoms with Crippen molar-refractivity contribution >= 4 is 46.3 Å². The van der Waals surface area contributed by atoms with Crippen LogP contribution in [-0.4, -0.2) is 32.1 Å². The molecular formula is C23H22ClN3O3S. The van der Waals surface area contributed by atoms with E-state index in [2.05, 4.69) is 10.6 Å². The van der Waals surface area contributed by atoms with E-state index in [0.717, 1.165) is 16.0 Å². The van der Waals surface area contributed by atoms with E-state index in [1.807, 2.05) is 49.4 Å². The molecule has 0 aliphatic carbocycles. The van der Waals surface area contributed by atoms with Gasteiger partial charge in [0, 0.05) is 42.2 Å². The van der Waals surface area contributed by atoms with Crippen molar-refractivity contribution in [1.29, 1.82) is 0 Å². The summed E-state index contributed by atoms with van der Waals surface area (Å²) in [6.45, 7) is 2.90. The molecule has 0 fully saturated rings. The van der Waals surface area contributed by atoms with Gasteiger partial charge in [0.25, 0.3) is 5.91 Å². The second-order valence-corrected chi connectivity index (χ2v) is 8.53. The largest absolute Gasteiger partial charge is 0.492 e. The second-order valence-electron chi connectivity index (χ2n) is 7.07. The molecule has 4 rings (SSSR count). The molecule has 8 heteroatoms. The standard InChI is InChI=1S/C23H22ClN3O3S/c1-3-25-23(29)26-15-8-9-16-19(13-15)30-11-10-14-12-20(31-21(14)16)22(28)27(2)18-7-5-4-6-17(18)24/h4-9,12-13H,3,10-11H2,1-2H3,(H2,25,26,29). The van der Waals surface area contributed by atoms with Crippen LogP contribution in [0, 0.1) is 0 Å². The number of fused-ring (bicyclic) bond motifs is 3.